The second-order valence-corrected chi connectivity index (χ2v) is 6.04. The molecule has 2 amide bonds. The van der Waals surface area contributed by atoms with Crippen molar-refractivity contribution in [2.45, 2.75) is 19.9 Å². The molecule has 1 fully saturated rings. The van der Waals surface area contributed by atoms with Crippen molar-refractivity contribution in [3.05, 3.63) is 34.6 Å². The number of rotatable bonds is 3. The Kier molecular flexibility index (Phi) is 5.15. The van der Waals surface area contributed by atoms with E-state index in [2.05, 4.69) is 10.3 Å². The summed E-state index contributed by atoms with van der Waals surface area (Å²) < 4.78 is 6.08. The summed E-state index contributed by atoms with van der Waals surface area (Å²) in [5, 5.41) is 8.36. The van der Waals surface area contributed by atoms with E-state index in [1.807, 2.05) is 0 Å². The van der Waals surface area contributed by atoms with Gasteiger partial charge in [0.1, 0.15) is 11.6 Å². The largest absolute Gasteiger partial charge is 0.450 e. The van der Waals surface area contributed by atoms with Crippen LogP contribution in [0.5, 0.6) is 0 Å². The zero-order chi connectivity index (χ0) is 18.7. The molecule has 1 aliphatic heterocycles. The van der Waals surface area contributed by atoms with Crippen LogP contribution in [0.1, 0.15) is 19.9 Å². The van der Waals surface area contributed by atoms with Gasteiger partial charge in [0.2, 0.25) is 5.91 Å². The van der Waals surface area contributed by atoms with E-state index in [-0.39, 0.29) is 17.6 Å². The van der Waals surface area contributed by atoms with Gasteiger partial charge in [-0.15, -0.1) is 5.10 Å². The number of fused-ring (bicyclic) bond motifs is 1. The highest BCUT2D eigenvalue weighted by molar-refractivity contribution is 5.81. The second kappa shape index (κ2) is 7.51. The summed E-state index contributed by atoms with van der Waals surface area (Å²) in [4.78, 5) is 40.3. The number of benzene rings is 1. The van der Waals surface area contributed by atoms with Gasteiger partial charge in [0.05, 0.1) is 12.0 Å². The Morgan fingerprint density at radius 3 is 2.50 bits per heavy atom. The van der Waals surface area contributed by atoms with E-state index in [0.717, 1.165) is 4.68 Å². The Morgan fingerprint density at radius 1 is 1.15 bits per heavy atom. The Bertz CT molecular complexity index is 873. The van der Waals surface area contributed by atoms with Crippen LogP contribution in [0.4, 0.5) is 4.79 Å². The SMILES string of the molecule is CCOC(=O)N1CCN(C(=O)[C@H](C)n2nnc3ccccc3c2=O)CC1. The standard InChI is InChI=1S/C17H21N5O4/c1-3-26-17(25)21-10-8-20(9-11-21)15(23)12(2)22-16(24)13-6-4-5-7-14(13)18-19-22/h4-7,12H,3,8-11H2,1-2H3/t12-/m0/s1. The fourth-order valence-corrected chi connectivity index (χ4v) is 2.95. The van der Waals surface area contributed by atoms with Gasteiger partial charge >= 0.3 is 6.09 Å². The third kappa shape index (κ3) is 3.37. The zero-order valence-corrected chi connectivity index (χ0v) is 14.8. The molecule has 9 nitrogen and oxygen atoms in total. The average molecular weight is 359 g/mol. The van der Waals surface area contributed by atoms with Crippen molar-refractivity contribution in [1.82, 2.24) is 24.8 Å². The first-order valence-corrected chi connectivity index (χ1v) is 8.57. The summed E-state index contributed by atoms with van der Waals surface area (Å²) in [6.45, 7) is 5.27. The lowest BCUT2D eigenvalue weighted by Gasteiger charge is -2.35. The first-order valence-electron chi connectivity index (χ1n) is 8.57. The fourth-order valence-electron chi connectivity index (χ4n) is 2.95. The van der Waals surface area contributed by atoms with Crippen molar-refractivity contribution in [3.63, 3.8) is 0 Å². The van der Waals surface area contributed by atoms with Gasteiger partial charge in [-0.1, -0.05) is 17.3 Å². The summed E-state index contributed by atoms with van der Waals surface area (Å²) in [5.74, 6) is -0.222. The quantitative estimate of drug-likeness (QED) is 0.798. The van der Waals surface area contributed by atoms with Crippen LogP contribution in [0.3, 0.4) is 0 Å². The van der Waals surface area contributed by atoms with Crippen molar-refractivity contribution in [3.8, 4) is 0 Å². The number of aromatic nitrogens is 3. The normalized spacial score (nSPS) is 15.8. The van der Waals surface area contributed by atoms with E-state index >= 15 is 0 Å². The van der Waals surface area contributed by atoms with Crippen LogP contribution >= 0.6 is 0 Å². The molecule has 0 aliphatic carbocycles. The predicted octanol–water partition coefficient (Wildman–Crippen LogP) is 0.653. The van der Waals surface area contributed by atoms with E-state index in [1.165, 1.54) is 0 Å². The summed E-state index contributed by atoms with van der Waals surface area (Å²) in [5.41, 5.74) is 0.151. The molecule has 0 bridgehead atoms. The molecule has 1 saturated heterocycles. The molecule has 0 unspecified atom stereocenters. The molecule has 1 aromatic carbocycles. The summed E-state index contributed by atoms with van der Waals surface area (Å²) in [6.07, 6.45) is -0.371. The Morgan fingerprint density at radius 2 is 1.81 bits per heavy atom. The minimum atomic E-state index is -0.770. The zero-order valence-electron chi connectivity index (χ0n) is 14.8. The topological polar surface area (TPSA) is 97.6 Å². The first kappa shape index (κ1) is 17.8. The number of carbonyl (C=O) groups excluding carboxylic acids is 2. The molecule has 0 radical (unpaired) electrons. The Balaban J connectivity index is 1.72. The van der Waals surface area contributed by atoms with Crippen LogP contribution in [0.2, 0.25) is 0 Å². The average Bonchev–Trinajstić information content (AvgIpc) is 2.68. The van der Waals surface area contributed by atoms with Crippen LogP contribution in [-0.2, 0) is 9.53 Å². The maximum atomic E-state index is 12.8. The van der Waals surface area contributed by atoms with E-state index in [9.17, 15) is 14.4 Å². The number of hydrogen-bond donors (Lipinski definition) is 0. The molecule has 0 N–H and O–H groups in total. The second-order valence-electron chi connectivity index (χ2n) is 6.04. The summed E-state index contributed by atoms with van der Waals surface area (Å²) in [7, 11) is 0. The lowest BCUT2D eigenvalue weighted by molar-refractivity contribution is -0.136. The van der Waals surface area contributed by atoms with E-state index in [4.69, 9.17) is 4.74 Å². The minimum absolute atomic E-state index is 0.222. The third-order valence-corrected chi connectivity index (χ3v) is 4.43. The molecule has 2 heterocycles. The number of ether oxygens (including phenoxy) is 1. The molecule has 1 atom stereocenters. The van der Waals surface area contributed by atoms with E-state index in [1.54, 1.807) is 47.9 Å². The van der Waals surface area contributed by atoms with Gasteiger partial charge in [-0.05, 0) is 26.0 Å². The van der Waals surface area contributed by atoms with Gasteiger partial charge in [0, 0.05) is 26.2 Å². The smallest absolute Gasteiger partial charge is 0.409 e. The van der Waals surface area contributed by atoms with Gasteiger partial charge in [0.15, 0.2) is 0 Å². The number of amides is 2. The number of hydrogen-bond acceptors (Lipinski definition) is 6. The van der Waals surface area contributed by atoms with Crippen molar-refractivity contribution in [2.75, 3.05) is 32.8 Å². The van der Waals surface area contributed by atoms with Crippen molar-refractivity contribution in [1.29, 1.82) is 0 Å². The maximum Gasteiger partial charge on any atom is 0.409 e. The molecular formula is C17H21N5O4. The number of nitrogens with zero attached hydrogens (tertiary/aromatic N) is 5. The van der Waals surface area contributed by atoms with Crippen LogP contribution in [-0.4, -0.2) is 69.6 Å². The maximum absolute atomic E-state index is 12.8. The van der Waals surface area contributed by atoms with E-state index in [0.29, 0.717) is 43.7 Å². The molecule has 0 saturated carbocycles. The molecule has 26 heavy (non-hydrogen) atoms. The molecule has 0 spiro atoms. The highest BCUT2D eigenvalue weighted by atomic mass is 16.6. The van der Waals surface area contributed by atoms with Crippen molar-refractivity contribution in [2.24, 2.45) is 0 Å². The monoisotopic (exact) mass is 359 g/mol. The van der Waals surface area contributed by atoms with Gasteiger partial charge in [-0.3, -0.25) is 9.59 Å². The molecular weight excluding hydrogens is 338 g/mol. The molecule has 1 aliphatic rings. The van der Waals surface area contributed by atoms with Crippen LogP contribution < -0.4 is 5.56 Å². The lowest BCUT2D eigenvalue weighted by Crippen LogP contribution is -2.52. The number of piperazine rings is 1. The van der Waals surface area contributed by atoms with Crippen molar-refractivity contribution < 1.29 is 14.3 Å². The first-order chi connectivity index (χ1) is 12.5. The van der Waals surface area contributed by atoms with Gasteiger partial charge in [-0.2, -0.15) is 4.68 Å². The fraction of sp³-hybridized carbons (Fsp3) is 0.471. The van der Waals surface area contributed by atoms with E-state index < -0.39 is 6.04 Å². The third-order valence-electron chi connectivity index (χ3n) is 4.43. The van der Waals surface area contributed by atoms with Gasteiger partial charge in [-0.25, -0.2) is 4.79 Å². The predicted molar refractivity (Wildman–Crippen MR) is 93.7 cm³/mol. The highest BCUT2D eigenvalue weighted by Crippen LogP contribution is 2.12. The van der Waals surface area contributed by atoms with Crippen molar-refractivity contribution >= 4 is 22.9 Å². The van der Waals surface area contributed by atoms with Crippen LogP contribution in [0.25, 0.3) is 10.9 Å². The molecule has 3 rings (SSSR count). The highest BCUT2D eigenvalue weighted by Gasteiger charge is 2.29. The van der Waals surface area contributed by atoms with Gasteiger partial charge in [0.25, 0.3) is 5.56 Å². The lowest BCUT2D eigenvalue weighted by atomic mass is 10.2. The Hall–Kier alpha value is -2.97. The molecule has 9 heteroatoms. The minimum Gasteiger partial charge on any atom is -0.450 e. The molecule has 138 valence electrons. The summed E-state index contributed by atoms with van der Waals surface area (Å²) in [6, 6.07) is 6.12. The molecule has 1 aromatic heterocycles. The van der Waals surface area contributed by atoms with Crippen LogP contribution in [0.15, 0.2) is 29.1 Å². The summed E-state index contributed by atoms with van der Waals surface area (Å²) >= 11 is 0. The Labute approximate surface area is 150 Å². The van der Waals surface area contributed by atoms with Crippen LogP contribution in [0, 0.1) is 0 Å². The number of carbonyl (C=O) groups is 2. The molecule has 2 aromatic rings. The van der Waals surface area contributed by atoms with Gasteiger partial charge < -0.3 is 14.5 Å².